The van der Waals surface area contributed by atoms with E-state index in [0.29, 0.717) is 43.3 Å². The third-order valence-electron chi connectivity index (χ3n) is 5.34. The van der Waals surface area contributed by atoms with E-state index in [0.717, 1.165) is 5.69 Å². The maximum Gasteiger partial charge on any atom is 0.319 e. The Bertz CT molecular complexity index is 902. The third kappa shape index (κ3) is 6.29. The Morgan fingerprint density at radius 3 is 2.53 bits per heavy atom. The normalized spacial score (nSPS) is 17.1. The van der Waals surface area contributed by atoms with Gasteiger partial charge >= 0.3 is 6.03 Å². The summed E-state index contributed by atoms with van der Waals surface area (Å²) in [5.74, 6) is 3.10. The van der Waals surface area contributed by atoms with Gasteiger partial charge in [0, 0.05) is 57.2 Å². The van der Waals surface area contributed by atoms with Crippen molar-refractivity contribution in [3.63, 3.8) is 0 Å². The van der Waals surface area contributed by atoms with Gasteiger partial charge in [-0.2, -0.15) is 0 Å². The van der Waals surface area contributed by atoms with Crippen molar-refractivity contribution >= 4 is 47.1 Å². The lowest BCUT2D eigenvalue weighted by Gasteiger charge is -2.34. The molecule has 0 saturated carbocycles. The second kappa shape index (κ2) is 11.4. The number of nitrogens with one attached hydrogen (secondary N) is 2. The van der Waals surface area contributed by atoms with Crippen LogP contribution >= 0.6 is 23.5 Å². The fourth-order valence-electron chi connectivity index (χ4n) is 3.67. The summed E-state index contributed by atoms with van der Waals surface area (Å²) in [6.07, 6.45) is 4.98. The molecule has 2 N–H and O–H groups in total. The Morgan fingerprint density at radius 2 is 1.78 bits per heavy atom. The molecule has 8 nitrogen and oxygen atoms in total. The zero-order chi connectivity index (χ0) is 22.2. The van der Waals surface area contributed by atoms with Gasteiger partial charge < -0.3 is 20.4 Å². The van der Waals surface area contributed by atoms with Crippen molar-refractivity contribution in [3.05, 3.63) is 48.3 Å². The zero-order valence-electron chi connectivity index (χ0n) is 17.9. The van der Waals surface area contributed by atoms with Gasteiger partial charge in [0.1, 0.15) is 0 Å². The minimum atomic E-state index is -0.287. The van der Waals surface area contributed by atoms with Crippen LogP contribution < -0.4 is 15.5 Å². The molecule has 10 heteroatoms. The van der Waals surface area contributed by atoms with Crippen LogP contribution in [0.15, 0.2) is 42.7 Å². The van der Waals surface area contributed by atoms with Crippen molar-refractivity contribution in [3.8, 4) is 0 Å². The Labute approximate surface area is 196 Å². The highest BCUT2D eigenvalue weighted by molar-refractivity contribution is 8.16. The van der Waals surface area contributed by atoms with E-state index in [1.165, 1.54) is 23.5 Å². The number of hydrogen-bond donors (Lipinski definition) is 2. The number of carbonyl (C=O) groups excluding carboxylic acids is 2. The number of benzene rings is 1. The van der Waals surface area contributed by atoms with Crippen molar-refractivity contribution in [2.75, 3.05) is 54.4 Å². The van der Waals surface area contributed by atoms with Crippen molar-refractivity contribution < 1.29 is 9.59 Å². The highest BCUT2D eigenvalue weighted by Gasteiger charge is 2.22. The van der Waals surface area contributed by atoms with Crippen LogP contribution in [0.3, 0.4) is 0 Å². The molecule has 2 aromatic rings. The lowest BCUT2D eigenvalue weighted by Crippen LogP contribution is -2.49. The van der Waals surface area contributed by atoms with E-state index < -0.39 is 0 Å². The molecular weight excluding hydrogens is 444 g/mol. The predicted molar refractivity (Wildman–Crippen MR) is 131 cm³/mol. The molecule has 0 radical (unpaired) electrons. The number of piperazine rings is 1. The lowest BCUT2D eigenvalue weighted by atomic mass is 10.2. The van der Waals surface area contributed by atoms with Crippen LogP contribution in [0.1, 0.15) is 23.0 Å². The smallest absolute Gasteiger partial charge is 0.319 e. The van der Waals surface area contributed by atoms with Crippen LogP contribution in [0.2, 0.25) is 0 Å². The summed E-state index contributed by atoms with van der Waals surface area (Å²) in [6, 6.07) is 9.52. The van der Waals surface area contributed by atoms with Gasteiger partial charge in [-0.3, -0.25) is 4.79 Å². The third-order valence-corrected chi connectivity index (χ3v) is 8.35. The van der Waals surface area contributed by atoms with Gasteiger partial charge in [-0.05, 0) is 41.7 Å². The SMILES string of the molecule is O=C(NCCC(=O)N1CCN(c2ncccn2)CC1)Nc1cccc(C2SCCCS2)c1. The number of aromatic nitrogens is 2. The molecule has 2 fully saturated rings. The van der Waals surface area contributed by atoms with E-state index in [1.807, 2.05) is 46.6 Å². The molecule has 2 aliphatic heterocycles. The molecule has 4 rings (SSSR count). The van der Waals surface area contributed by atoms with E-state index in [1.54, 1.807) is 18.5 Å². The van der Waals surface area contributed by atoms with E-state index in [9.17, 15) is 9.59 Å². The number of thioether (sulfide) groups is 2. The summed E-state index contributed by atoms with van der Waals surface area (Å²) >= 11 is 3.91. The zero-order valence-corrected chi connectivity index (χ0v) is 19.5. The Kier molecular flexibility index (Phi) is 8.11. The molecular formula is C22H28N6O2S2. The first kappa shape index (κ1) is 22.7. The minimum Gasteiger partial charge on any atom is -0.339 e. The Balaban J connectivity index is 1.17. The lowest BCUT2D eigenvalue weighted by molar-refractivity contribution is -0.131. The fraction of sp³-hybridized carbons (Fsp3) is 0.455. The molecule has 2 aliphatic rings. The predicted octanol–water partition coefficient (Wildman–Crippen LogP) is 3.21. The molecule has 1 aromatic heterocycles. The standard InChI is InChI=1S/C22H28N6O2S2/c29-19(27-10-12-28(13-11-27)21-23-7-2-8-24-21)6-9-25-22(30)26-18-5-1-4-17(16-18)20-31-14-3-15-32-20/h1-2,4-5,7-8,16,20H,3,6,9-15H2,(H2,25,26,30). The number of carbonyl (C=O) groups is 2. The highest BCUT2D eigenvalue weighted by atomic mass is 32.2. The number of nitrogens with zero attached hydrogens (tertiary/aromatic N) is 4. The van der Waals surface area contributed by atoms with Gasteiger partial charge in [0.05, 0.1) is 4.58 Å². The molecule has 0 spiro atoms. The van der Waals surface area contributed by atoms with Crippen molar-refractivity contribution in [2.24, 2.45) is 0 Å². The summed E-state index contributed by atoms with van der Waals surface area (Å²) in [6.45, 7) is 2.98. The number of anilines is 2. The quantitative estimate of drug-likeness (QED) is 0.667. The number of rotatable bonds is 6. The largest absolute Gasteiger partial charge is 0.339 e. The summed E-state index contributed by atoms with van der Waals surface area (Å²) in [5.41, 5.74) is 2.00. The summed E-state index contributed by atoms with van der Waals surface area (Å²) < 4.78 is 0.431. The van der Waals surface area contributed by atoms with Crippen molar-refractivity contribution in [1.29, 1.82) is 0 Å². The Morgan fingerprint density at radius 1 is 1.03 bits per heavy atom. The Hall–Kier alpha value is -2.46. The van der Waals surface area contributed by atoms with Gasteiger partial charge in [0.25, 0.3) is 0 Å². The van der Waals surface area contributed by atoms with Crippen LogP contribution in [0.4, 0.5) is 16.4 Å². The second-order valence-corrected chi connectivity index (χ2v) is 10.3. The van der Waals surface area contributed by atoms with E-state index in [2.05, 4.69) is 31.6 Å². The molecule has 0 unspecified atom stereocenters. The molecule has 170 valence electrons. The second-order valence-electron chi connectivity index (χ2n) is 7.60. The minimum absolute atomic E-state index is 0.0484. The van der Waals surface area contributed by atoms with Crippen LogP contribution in [0.5, 0.6) is 0 Å². The van der Waals surface area contributed by atoms with Crippen LogP contribution in [0.25, 0.3) is 0 Å². The van der Waals surface area contributed by atoms with Crippen LogP contribution in [-0.2, 0) is 4.79 Å². The molecule has 0 bridgehead atoms. The number of amides is 3. The monoisotopic (exact) mass is 472 g/mol. The maximum absolute atomic E-state index is 12.5. The molecule has 3 amide bonds. The van der Waals surface area contributed by atoms with E-state index >= 15 is 0 Å². The first-order chi connectivity index (χ1) is 15.7. The van der Waals surface area contributed by atoms with Gasteiger partial charge in [-0.15, -0.1) is 23.5 Å². The summed E-state index contributed by atoms with van der Waals surface area (Å²) in [5, 5.41) is 5.68. The topological polar surface area (TPSA) is 90.5 Å². The average Bonchev–Trinajstić information content (AvgIpc) is 2.85. The molecule has 0 aliphatic carbocycles. The molecule has 3 heterocycles. The van der Waals surface area contributed by atoms with Crippen LogP contribution in [-0.4, -0.2) is 71.0 Å². The molecule has 0 atom stereocenters. The fourth-order valence-corrected chi connectivity index (χ4v) is 6.54. The van der Waals surface area contributed by atoms with Gasteiger partial charge in [-0.25, -0.2) is 14.8 Å². The number of urea groups is 1. The van der Waals surface area contributed by atoms with Gasteiger partial charge in [0.15, 0.2) is 0 Å². The molecule has 1 aromatic carbocycles. The van der Waals surface area contributed by atoms with E-state index in [-0.39, 0.29) is 18.4 Å². The molecule has 32 heavy (non-hydrogen) atoms. The van der Waals surface area contributed by atoms with Gasteiger partial charge in [0.2, 0.25) is 11.9 Å². The average molecular weight is 473 g/mol. The summed E-state index contributed by atoms with van der Waals surface area (Å²) in [4.78, 5) is 37.2. The van der Waals surface area contributed by atoms with E-state index in [4.69, 9.17) is 0 Å². The first-order valence-electron chi connectivity index (χ1n) is 10.9. The molecule has 2 saturated heterocycles. The van der Waals surface area contributed by atoms with Crippen LogP contribution in [0, 0.1) is 0 Å². The van der Waals surface area contributed by atoms with Crippen molar-refractivity contribution in [2.45, 2.75) is 17.4 Å². The first-order valence-corrected chi connectivity index (χ1v) is 13.0. The van der Waals surface area contributed by atoms with Crippen molar-refractivity contribution in [1.82, 2.24) is 20.2 Å². The highest BCUT2D eigenvalue weighted by Crippen LogP contribution is 2.44. The maximum atomic E-state index is 12.5. The summed E-state index contributed by atoms with van der Waals surface area (Å²) in [7, 11) is 0. The number of hydrogen-bond acceptors (Lipinski definition) is 7. The van der Waals surface area contributed by atoms with Gasteiger partial charge in [-0.1, -0.05) is 12.1 Å².